The third-order valence-electron chi connectivity index (χ3n) is 7.26. The number of ether oxygens (including phenoxy) is 2. The van der Waals surface area contributed by atoms with Gasteiger partial charge in [0, 0.05) is 37.0 Å². The van der Waals surface area contributed by atoms with Crippen molar-refractivity contribution in [3.8, 4) is 22.9 Å². The Labute approximate surface area is 213 Å². The highest BCUT2D eigenvalue weighted by Crippen LogP contribution is 2.31. The fraction of sp³-hybridized carbons (Fsp3) is 0.536. The number of pyridine rings is 2. The molecule has 190 valence electrons. The van der Waals surface area contributed by atoms with Gasteiger partial charge in [-0.2, -0.15) is 10.4 Å². The summed E-state index contributed by atoms with van der Waals surface area (Å²) in [4.78, 5) is 9.65. The summed E-state index contributed by atoms with van der Waals surface area (Å²) in [5.41, 5.74) is 3.14. The summed E-state index contributed by atoms with van der Waals surface area (Å²) in [6.45, 7) is 9.16. The molecule has 0 saturated carbocycles. The standard InChI is InChI=1S/C28H36N6O2/c1-2-35-25-17-26(28-23(18-29)20-31-34(28)21-25)22-7-8-27(30-19-22)33-14-9-24(10-15-33)36-16-5-3-4-11-32-12-6-13-32/h7-8,17,19-21,24H,2-6,9-16H2,1H3. The van der Waals surface area contributed by atoms with Gasteiger partial charge in [0.1, 0.15) is 17.6 Å². The van der Waals surface area contributed by atoms with Crippen molar-refractivity contribution in [2.45, 2.75) is 51.6 Å². The van der Waals surface area contributed by atoms with Crippen molar-refractivity contribution >= 4 is 11.3 Å². The van der Waals surface area contributed by atoms with Gasteiger partial charge in [-0.3, -0.25) is 0 Å². The molecular formula is C28H36N6O2. The minimum Gasteiger partial charge on any atom is -0.492 e. The number of nitrogens with zero attached hydrogens (tertiary/aromatic N) is 6. The zero-order valence-electron chi connectivity index (χ0n) is 21.2. The van der Waals surface area contributed by atoms with Gasteiger partial charge in [-0.1, -0.05) is 0 Å². The van der Waals surface area contributed by atoms with Gasteiger partial charge in [-0.05, 0) is 83.3 Å². The Balaban J connectivity index is 1.15. The van der Waals surface area contributed by atoms with E-state index in [9.17, 15) is 5.26 Å². The van der Waals surface area contributed by atoms with Crippen LogP contribution in [-0.2, 0) is 4.74 Å². The molecule has 3 aromatic rings. The molecule has 0 aliphatic carbocycles. The van der Waals surface area contributed by atoms with Crippen LogP contribution in [0, 0.1) is 11.3 Å². The quantitative estimate of drug-likeness (QED) is 0.367. The van der Waals surface area contributed by atoms with E-state index >= 15 is 0 Å². The predicted octanol–water partition coefficient (Wildman–Crippen LogP) is 4.53. The van der Waals surface area contributed by atoms with Crippen LogP contribution in [-0.4, -0.2) is 71.5 Å². The van der Waals surface area contributed by atoms with Gasteiger partial charge in [0.05, 0.1) is 36.2 Å². The second-order valence-corrected chi connectivity index (χ2v) is 9.70. The lowest BCUT2D eigenvalue weighted by molar-refractivity contribution is 0.0342. The van der Waals surface area contributed by atoms with Crippen LogP contribution in [0.4, 0.5) is 5.82 Å². The van der Waals surface area contributed by atoms with Crippen molar-refractivity contribution in [2.24, 2.45) is 0 Å². The van der Waals surface area contributed by atoms with Gasteiger partial charge >= 0.3 is 0 Å². The average molecular weight is 489 g/mol. The Bertz CT molecular complexity index is 1170. The van der Waals surface area contributed by atoms with E-state index < -0.39 is 0 Å². The van der Waals surface area contributed by atoms with Gasteiger partial charge in [0.15, 0.2) is 0 Å². The molecule has 3 aromatic heterocycles. The summed E-state index contributed by atoms with van der Waals surface area (Å²) < 4.78 is 13.6. The lowest BCUT2D eigenvalue weighted by atomic mass is 10.0. The third kappa shape index (κ3) is 5.63. The van der Waals surface area contributed by atoms with Crippen LogP contribution >= 0.6 is 0 Å². The summed E-state index contributed by atoms with van der Waals surface area (Å²) in [5, 5.41) is 13.9. The van der Waals surface area contributed by atoms with Crippen LogP contribution in [0.25, 0.3) is 16.6 Å². The molecule has 0 unspecified atom stereocenters. The number of hydrogen-bond acceptors (Lipinski definition) is 7. The van der Waals surface area contributed by atoms with E-state index in [1.165, 1.54) is 45.3 Å². The van der Waals surface area contributed by atoms with E-state index in [1.54, 1.807) is 10.7 Å². The molecule has 5 rings (SSSR count). The summed E-state index contributed by atoms with van der Waals surface area (Å²) in [6.07, 6.45) is 12.8. The molecule has 36 heavy (non-hydrogen) atoms. The number of piperidine rings is 1. The Hall–Kier alpha value is -3.15. The number of anilines is 1. The first kappa shape index (κ1) is 24.5. The van der Waals surface area contributed by atoms with Crippen LogP contribution < -0.4 is 9.64 Å². The maximum atomic E-state index is 9.56. The van der Waals surface area contributed by atoms with Crippen LogP contribution in [0.1, 0.15) is 51.0 Å². The normalized spacial score (nSPS) is 16.7. The molecule has 0 atom stereocenters. The molecule has 5 heterocycles. The summed E-state index contributed by atoms with van der Waals surface area (Å²) in [5.74, 6) is 1.70. The topological polar surface area (TPSA) is 78.9 Å². The highest BCUT2D eigenvalue weighted by molar-refractivity contribution is 5.85. The van der Waals surface area contributed by atoms with Gasteiger partial charge in [0.2, 0.25) is 0 Å². The first-order valence-corrected chi connectivity index (χ1v) is 13.3. The van der Waals surface area contributed by atoms with E-state index in [4.69, 9.17) is 14.5 Å². The second kappa shape index (κ2) is 11.7. The van der Waals surface area contributed by atoms with Crippen molar-refractivity contribution in [2.75, 3.05) is 50.8 Å². The summed E-state index contributed by atoms with van der Waals surface area (Å²) in [7, 11) is 0. The Kier molecular flexibility index (Phi) is 7.99. The number of unbranched alkanes of at least 4 members (excludes halogenated alkanes) is 2. The summed E-state index contributed by atoms with van der Waals surface area (Å²) >= 11 is 0. The van der Waals surface area contributed by atoms with Gasteiger partial charge in [-0.25, -0.2) is 9.50 Å². The number of nitriles is 1. The van der Waals surface area contributed by atoms with E-state index in [1.807, 2.05) is 25.4 Å². The van der Waals surface area contributed by atoms with Crippen molar-refractivity contribution in [1.82, 2.24) is 19.5 Å². The van der Waals surface area contributed by atoms with Gasteiger partial charge < -0.3 is 19.3 Å². The molecule has 0 spiro atoms. The molecular weight excluding hydrogens is 452 g/mol. The maximum Gasteiger partial charge on any atom is 0.138 e. The largest absolute Gasteiger partial charge is 0.492 e. The van der Waals surface area contributed by atoms with Crippen molar-refractivity contribution in [3.63, 3.8) is 0 Å². The van der Waals surface area contributed by atoms with E-state index in [0.717, 1.165) is 60.7 Å². The molecule has 2 saturated heterocycles. The average Bonchev–Trinajstić information content (AvgIpc) is 3.30. The molecule has 2 fully saturated rings. The van der Waals surface area contributed by atoms with Crippen LogP contribution in [0.15, 0.2) is 36.8 Å². The second-order valence-electron chi connectivity index (χ2n) is 9.70. The van der Waals surface area contributed by atoms with E-state index in [2.05, 4.69) is 33.1 Å². The molecule has 0 radical (unpaired) electrons. The minimum atomic E-state index is 0.358. The van der Waals surface area contributed by atoms with E-state index in [0.29, 0.717) is 18.3 Å². The van der Waals surface area contributed by atoms with Crippen LogP contribution in [0.3, 0.4) is 0 Å². The SMILES string of the molecule is CCOc1cc(-c2ccc(N3CCC(OCCCCCN4CCC4)CC3)nc2)c2c(C#N)cnn2c1. The number of fused-ring (bicyclic) bond motifs is 1. The molecule has 8 heteroatoms. The first-order valence-electron chi connectivity index (χ1n) is 13.3. The van der Waals surface area contributed by atoms with Crippen molar-refractivity contribution in [3.05, 3.63) is 42.4 Å². The molecule has 0 bridgehead atoms. The predicted molar refractivity (Wildman–Crippen MR) is 140 cm³/mol. The maximum absolute atomic E-state index is 9.56. The summed E-state index contributed by atoms with van der Waals surface area (Å²) in [6, 6.07) is 8.35. The fourth-order valence-electron chi connectivity index (χ4n) is 5.10. The molecule has 2 aliphatic heterocycles. The van der Waals surface area contributed by atoms with E-state index in [-0.39, 0.29) is 0 Å². The number of likely N-dealkylation sites (tertiary alicyclic amines) is 1. The minimum absolute atomic E-state index is 0.358. The smallest absolute Gasteiger partial charge is 0.138 e. The number of hydrogen-bond donors (Lipinski definition) is 0. The monoisotopic (exact) mass is 488 g/mol. The third-order valence-corrected chi connectivity index (χ3v) is 7.26. The molecule has 0 aromatic carbocycles. The van der Waals surface area contributed by atoms with Crippen molar-refractivity contribution in [1.29, 1.82) is 5.26 Å². The Morgan fingerprint density at radius 3 is 2.64 bits per heavy atom. The zero-order valence-corrected chi connectivity index (χ0v) is 21.2. The highest BCUT2D eigenvalue weighted by atomic mass is 16.5. The van der Waals surface area contributed by atoms with Gasteiger partial charge in [-0.15, -0.1) is 0 Å². The number of aromatic nitrogens is 3. The highest BCUT2D eigenvalue weighted by Gasteiger charge is 2.21. The lowest BCUT2D eigenvalue weighted by Gasteiger charge is -2.33. The Morgan fingerprint density at radius 2 is 1.94 bits per heavy atom. The zero-order chi connectivity index (χ0) is 24.7. The van der Waals surface area contributed by atoms with Crippen LogP contribution in [0.2, 0.25) is 0 Å². The van der Waals surface area contributed by atoms with Gasteiger partial charge in [0.25, 0.3) is 0 Å². The molecule has 2 aliphatic rings. The number of rotatable bonds is 11. The lowest BCUT2D eigenvalue weighted by Crippen LogP contribution is -2.38. The molecule has 0 N–H and O–H groups in total. The van der Waals surface area contributed by atoms with Crippen LogP contribution in [0.5, 0.6) is 5.75 Å². The first-order chi connectivity index (χ1) is 17.7. The Morgan fingerprint density at radius 1 is 1.08 bits per heavy atom. The molecule has 0 amide bonds. The molecule has 8 nitrogen and oxygen atoms in total. The van der Waals surface area contributed by atoms with Crippen molar-refractivity contribution < 1.29 is 9.47 Å². The fourth-order valence-corrected chi connectivity index (χ4v) is 5.10.